The summed E-state index contributed by atoms with van der Waals surface area (Å²) in [6, 6.07) is 18.2. The van der Waals surface area contributed by atoms with Gasteiger partial charge in [-0.1, -0.05) is 25.1 Å². The maximum absolute atomic E-state index is 12.6. The summed E-state index contributed by atoms with van der Waals surface area (Å²) in [5.74, 6) is 0.878. The fourth-order valence-corrected chi connectivity index (χ4v) is 5.31. The highest BCUT2D eigenvalue weighted by atomic mass is 16.5. The van der Waals surface area contributed by atoms with Crippen molar-refractivity contribution in [3.05, 3.63) is 83.7 Å². The summed E-state index contributed by atoms with van der Waals surface area (Å²) in [7, 11) is 0. The van der Waals surface area contributed by atoms with Crippen molar-refractivity contribution >= 4 is 17.3 Å². The van der Waals surface area contributed by atoms with Crippen molar-refractivity contribution in [1.82, 2.24) is 10.3 Å². The SMILES string of the molecule is CC(=O)N1c2ccc(N)cc2C(C)(c2ccc(OCCNCc3cccnc3)cc2)CC1(C)C. The molecule has 1 aromatic heterocycles. The third-order valence-electron chi connectivity index (χ3n) is 6.65. The molecule has 3 aromatic rings. The van der Waals surface area contributed by atoms with Crippen molar-refractivity contribution in [1.29, 1.82) is 0 Å². The molecule has 0 saturated heterocycles. The van der Waals surface area contributed by atoms with E-state index in [1.54, 1.807) is 13.1 Å². The minimum absolute atomic E-state index is 0.0407. The first-order valence-electron chi connectivity index (χ1n) is 11.7. The minimum atomic E-state index is -0.335. The molecule has 6 heteroatoms. The summed E-state index contributed by atoms with van der Waals surface area (Å²) in [5.41, 5.74) is 10.6. The van der Waals surface area contributed by atoms with E-state index in [9.17, 15) is 4.79 Å². The summed E-state index contributed by atoms with van der Waals surface area (Å²) in [5, 5.41) is 3.37. The van der Waals surface area contributed by atoms with Gasteiger partial charge in [-0.05, 0) is 73.4 Å². The average Bonchev–Trinajstić information content (AvgIpc) is 2.79. The molecule has 34 heavy (non-hydrogen) atoms. The molecule has 6 nitrogen and oxygen atoms in total. The van der Waals surface area contributed by atoms with Crippen LogP contribution in [0, 0.1) is 0 Å². The van der Waals surface area contributed by atoms with Gasteiger partial charge in [-0.15, -0.1) is 0 Å². The number of anilines is 2. The van der Waals surface area contributed by atoms with Crippen LogP contribution in [0.1, 0.15) is 50.8 Å². The number of amides is 1. The maximum Gasteiger partial charge on any atom is 0.224 e. The van der Waals surface area contributed by atoms with E-state index in [0.29, 0.717) is 12.3 Å². The number of fused-ring (bicyclic) bond motifs is 1. The summed E-state index contributed by atoms with van der Waals surface area (Å²) in [4.78, 5) is 18.6. The van der Waals surface area contributed by atoms with Gasteiger partial charge in [0, 0.05) is 54.7 Å². The number of benzene rings is 2. The van der Waals surface area contributed by atoms with Gasteiger partial charge in [0.25, 0.3) is 0 Å². The molecule has 2 aromatic carbocycles. The van der Waals surface area contributed by atoms with Crippen molar-refractivity contribution in [3.63, 3.8) is 0 Å². The van der Waals surface area contributed by atoms with Crippen LogP contribution in [-0.4, -0.2) is 29.6 Å². The molecule has 0 bridgehead atoms. The molecule has 0 fully saturated rings. The predicted molar refractivity (Wildman–Crippen MR) is 137 cm³/mol. The highest BCUT2D eigenvalue weighted by molar-refractivity contribution is 5.95. The van der Waals surface area contributed by atoms with E-state index < -0.39 is 0 Å². The van der Waals surface area contributed by atoms with Crippen LogP contribution in [0.3, 0.4) is 0 Å². The van der Waals surface area contributed by atoms with Crippen LogP contribution >= 0.6 is 0 Å². The lowest BCUT2D eigenvalue weighted by Crippen LogP contribution is -2.55. The van der Waals surface area contributed by atoms with Gasteiger partial charge >= 0.3 is 0 Å². The normalized spacial score (nSPS) is 18.9. The third kappa shape index (κ3) is 4.77. The van der Waals surface area contributed by atoms with Crippen molar-refractivity contribution in [2.45, 2.75) is 51.6 Å². The molecular weight excluding hydrogens is 424 g/mol. The number of rotatable bonds is 7. The lowest BCUT2D eigenvalue weighted by atomic mass is 9.65. The number of nitrogens with one attached hydrogen (secondary N) is 1. The van der Waals surface area contributed by atoms with E-state index in [1.807, 2.05) is 53.6 Å². The Balaban J connectivity index is 1.48. The number of hydrogen-bond donors (Lipinski definition) is 2. The molecule has 4 rings (SSSR count). The molecule has 0 aliphatic carbocycles. The van der Waals surface area contributed by atoms with Gasteiger partial charge in [0.15, 0.2) is 0 Å². The van der Waals surface area contributed by atoms with Crippen LogP contribution < -0.4 is 20.7 Å². The van der Waals surface area contributed by atoms with Crippen LogP contribution in [-0.2, 0) is 16.8 Å². The molecule has 2 heterocycles. The topological polar surface area (TPSA) is 80.5 Å². The number of carbonyl (C=O) groups is 1. The smallest absolute Gasteiger partial charge is 0.224 e. The maximum atomic E-state index is 12.6. The number of pyridine rings is 1. The molecule has 0 radical (unpaired) electrons. The Kier molecular flexibility index (Phi) is 6.62. The first-order chi connectivity index (χ1) is 16.2. The number of carbonyl (C=O) groups excluding carboxylic acids is 1. The molecule has 0 spiro atoms. The van der Waals surface area contributed by atoms with E-state index in [0.717, 1.165) is 42.1 Å². The van der Waals surface area contributed by atoms with Crippen molar-refractivity contribution in [2.75, 3.05) is 23.8 Å². The largest absolute Gasteiger partial charge is 0.492 e. The van der Waals surface area contributed by atoms with E-state index in [4.69, 9.17) is 10.5 Å². The van der Waals surface area contributed by atoms with E-state index in [1.165, 1.54) is 5.56 Å². The molecular formula is C28H34N4O2. The number of nitrogen functional groups attached to an aromatic ring is 1. The second-order valence-electron chi connectivity index (χ2n) is 9.86. The monoisotopic (exact) mass is 458 g/mol. The zero-order valence-electron chi connectivity index (χ0n) is 20.5. The Bertz CT molecular complexity index is 1140. The highest BCUT2D eigenvalue weighted by Crippen LogP contribution is 2.51. The fraction of sp³-hybridized carbons (Fsp3) is 0.357. The number of nitrogens with two attached hydrogens (primary N) is 1. The van der Waals surface area contributed by atoms with Gasteiger partial charge in [-0.2, -0.15) is 0 Å². The van der Waals surface area contributed by atoms with Gasteiger partial charge in [0.05, 0.1) is 0 Å². The van der Waals surface area contributed by atoms with E-state index in [2.05, 4.69) is 43.2 Å². The number of ether oxygens (including phenoxy) is 1. The van der Waals surface area contributed by atoms with Crippen molar-refractivity contribution in [3.8, 4) is 5.75 Å². The van der Waals surface area contributed by atoms with Gasteiger partial charge in [0.2, 0.25) is 5.91 Å². The molecule has 1 atom stereocenters. The van der Waals surface area contributed by atoms with Crippen molar-refractivity contribution in [2.24, 2.45) is 0 Å². The molecule has 1 unspecified atom stereocenters. The van der Waals surface area contributed by atoms with Crippen LogP contribution in [0.15, 0.2) is 67.0 Å². The summed E-state index contributed by atoms with van der Waals surface area (Å²) in [6.45, 7) is 10.2. The number of hydrogen-bond acceptors (Lipinski definition) is 5. The summed E-state index contributed by atoms with van der Waals surface area (Å²) < 4.78 is 5.95. The van der Waals surface area contributed by atoms with Crippen LogP contribution in [0.5, 0.6) is 5.75 Å². The summed E-state index contributed by atoms with van der Waals surface area (Å²) >= 11 is 0. The second kappa shape index (κ2) is 9.47. The average molecular weight is 459 g/mol. The van der Waals surface area contributed by atoms with Crippen LogP contribution in [0.4, 0.5) is 11.4 Å². The zero-order chi connectivity index (χ0) is 24.3. The molecule has 1 aliphatic heterocycles. The van der Waals surface area contributed by atoms with Crippen LogP contribution in [0.2, 0.25) is 0 Å². The molecule has 1 aliphatic rings. The van der Waals surface area contributed by atoms with Crippen LogP contribution in [0.25, 0.3) is 0 Å². The Hall–Kier alpha value is -3.38. The van der Waals surface area contributed by atoms with Gasteiger partial charge in [0.1, 0.15) is 12.4 Å². The Morgan fingerprint density at radius 1 is 1.15 bits per heavy atom. The molecule has 178 valence electrons. The Morgan fingerprint density at radius 2 is 1.91 bits per heavy atom. The molecule has 0 saturated carbocycles. The van der Waals surface area contributed by atoms with Gasteiger partial charge in [-0.25, -0.2) is 0 Å². The highest BCUT2D eigenvalue weighted by Gasteiger charge is 2.47. The first kappa shape index (κ1) is 23.8. The quantitative estimate of drug-likeness (QED) is 0.397. The van der Waals surface area contributed by atoms with Crippen molar-refractivity contribution < 1.29 is 9.53 Å². The van der Waals surface area contributed by atoms with E-state index in [-0.39, 0.29) is 16.9 Å². The fourth-order valence-electron chi connectivity index (χ4n) is 5.31. The molecule has 1 amide bonds. The summed E-state index contributed by atoms with van der Waals surface area (Å²) in [6.07, 6.45) is 4.42. The predicted octanol–water partition coefficient (Wildman–Crippen LogP) is 4.67. The van der Waals surface area contributed by atoms with E-state index >= 15 is 0 Å². The lowest BCUT2D eigenvalue weighted by Gasteiger charge is -2.51. The standard InChI is InChI=1S/C28H34N4O2/c1-20(33)32-26-12-9-23(29)16-25(26)28(4,19-27(32,2)3)22-7-10-24(11-8-22)34-15-14-31-18-21-6-5-13-30-17-21/h5-13,16-17,31H,14-15,18-19,29H2,1-4H3. The number of nitrogens with zero attached hydrogens (tertiary/aromatic N) is 2. The third-order valence-corrected chi connectivity index (χ3v) is 6.65. The second-order valence-corrected chi connectivity index (χ2v) is 9.86. The Labute approximate surface area is 202 Å². The molecule has 3 N–H and O–H groups in total. The van der Waals surface area contributed by atoms with Gasteiger partial charge < -0.3 is 20.7 Å². The first-order valence-corrected chi connectivity index (χ1v) is 11.7. The Morgan fingerprint density at radius 3 is 2.59 bits per heavy atom. The van der Waals surface area contributed by atoms with Gasteiger partial charge in [-0.3, -0.25) is 9.78 Å². The lowest BCUT2D eigenvalue weighted by molar-refractivity contribution is -0.117. The zero-order valence-corrected chi connectivity index (χ0v) is 20.5. The minimum Gasteiger partial charge on any atom is -0.492 e. The number of aromatic nitrogens is 1.